The van der Waals surface area contributed by atoms with E-state index in [9.17, 15) is 9.59 Å². The maximum Gasteiger partial charge on any atom is 0.309 e. The lowest BCUT2D eigenvalue weighted by Gasteiger charge is -2.09. The molecule has 0 saturated carbocycles. The lowest BCUT2D eigenvalue weighted by Crippen LogP contribution is -2.42. The minimum atomic E-state index is -0.592. The Morgan fingerprint density at radius 2 is 1.91 bits per heavy atom. The molecule has 4 heteroatoms. The summed E-state index contributed by atoms with van der Waals surface area (Å²) in [5.74, 6) is -1.16. The maximum atomic E-state index is 10.8. The molecule has 1 atom stereocenters. The van der Waals surface area contributed by atoms with E-state index in [4.69, 9.17) is 0 Å². The lowest BCUT2D eigenvalue weighted by molar-refractivity contribution is -0.139. The van der Waals surface area contributed by atoms with E-state index in [-0.39, 0.29) is 6.04 Å². The topological polar surface area (TPSA) is 58.2 Å². The Hall–Kier alpha value is -1.06. The molecule has 0 aromatic heterocycles. The van der Waals surface area contributed by atoms with E-state index in [2.05, 4.69) is 10.6 Å². The zero-order chi connectivity index (χ0) is 8.85. The number of likely N-dealkylation sites (N-methyl/N-ethyl adjacent to an activating group) is 1. The van der Waals surface area contributed by atoms with E-state index in [1.165, 1.54) is 7.05 Å². The zero-order valence-corrected chi connectivity index (χ0v) is 7.10. The van der Waals surface area contributed by atoms with E-state index in [0.717, 1.165) is 6.42 Å². The standard InChI is InChI=1S/C7H14N2O2/c1-4-5(2)9-7(11)6(10)8-3/h5H,4H2,1-3H3,(H,8,10)(H,9,11)/t5-/m1/s1. The van der Waals surface area contributed by atoms with Gasteiger partial charge < -0.3 is 10.6 Å². The van der Waals surface area contributed by atoms with Gasteiger partial charge in [0.15, 0.2) is 0 Å². The Kier molecular flexibility index (Phi) is 4.26. The van der Waals surface area contributed by atoms with E-state index in [1.54, 1.807) is 0 Å². The number of amides is 2. The average Bonchev–Trinajstić information content (AvgIpc) is 2.02. The Bertz CT molecular complexity index is 157. The van der Waals surface area contributed by atoms with Crippen molar-refractivity contribution in [1.29, 1.82) is 0 Å². The Morgan fingerprint density at radius 3 is 2.27 bits per heavy atom. The molecule has 0 aliphatic heterocycles. The molecule has 0 aromatic carbocycles. The quantitative estimate of drug-likeness (QED) is 0.539. The van der Waals surface area contributed by atoms with Crippen LogP contribution in [0.2, 0.25) is 0 Å². The third-order valence-corrected chi connectivity index (χ3v) is 1.42. The lowest BCUT2D eigenvalue weighted by atomic mass is 10.2. The summed E-state index contributed by atoms with van der Waals surface area (Å²) in [6, 6.07) is 0.0554. The highest BCUT2D eigenvalue weighted by atomic mass is 16.2. The highest BCUT2D eigenvalue weighted by molar-refractivity contribution is 6.35. The fourth-order valence-electron chi connectivity index (χ4n) is 0.505. The third kappa shape index (κ3) is 3.60. The molecule has 2 N–H and O–H groups in total. The van der Waals surface area contributed by atoms with Crippen LogP contribution in [0.25, 0.3) is 0 Å². The van der Waals surface area contributed by atoms with Crippen LogP contribution in [0.3, 0.4) is 0 Å². The first-order chi connectivity index (χ1) is 5.11. The molecule has 0 bridgehead atoms. The van der Waals surface area contributed by atoms with Crippen LogP contribution in [-0.4, -0.2) is 24.9 Å². The first-order valence-corrected chi connectivity index (χ1v) is 3.64. The molecule has 0 radical (unpaired) electrons. The number of hydrogen-bond acceptors (Lipinski definition) is 2. The second kappa shape index (κ2) is 4.71. The molecule has 0 fully saturated rings. The second-order valence-electron chi connectivity index (χ2n) is 2.36. The molecule has 2 amide bonds. The van der Waals surface area contributed by atoms with E-state index < -0.39 is 11.8 Å². The largest absolute Gasteiger partial charge is 0.351 e. The molecule has 11 heavy (non-hydrogen) atoms. The van der Waals surface area contributed by atoms with Gasteiger partial charge in [0.25, 0.3) is 0 Å². The number of nitrogens with one attached hydrogen (secondary N) is 2. The molecular weight excluding hydrogens is 144 g/mol. The molecule has 0 unspecified atom stereocenters. The van der Waals surface area contributed by atoms with Crippen LogP contribution in [0.1, 0.15) is 20.3 Å². The highest BCUT2D eigenvalue weighted by Crippen LogP contribution is 1.86. The summed E-state index contributed by atoms with van der Waals surface area (Å²) in [6.45, 7) is 3.79. The van der Waals surface area contributed by atoms with Crippen molar-refractivity contribution >= 4 is 11.8 Å². The van der Waals surface area contributed by atoms with E-state index >= 15 is 0 Å². The molecule has 0 aliphatic carbocycles. The predicted molar refractivity (Wildman–Crippen MR) is 42.0 cm³/mol. The SMILES string of the molecule is CC[C@@H](C)NC(=O)C(=O)NC. The number of rotatable bonds is 2. The van der Waals surface area contributed by atoms with Crippen molar-refractivity contribution in [3.05, 3.63) is 0 Å². The fourth-order valence-corrected chi connectivity index (χ4v) is 0.505. The summed E-state index contributed by atoms with van der Waals surface area (Å²) >= 11 is 0. The van der Waals surface area contributed by atoms with Gasteiger partial charge in [0.2, 0.25) is 0 Å². The van der Waals surface area contributed by atoms with Gasteiger partial charge in [0.05, 0.1) is 0 Å². The first kappa shape index (κ1) is 9.94. The number of carbonyl (C=O) groups is 2. The van der Waals surface area contributed by atoms with Crippen LogP contribution >= 0.6 is 0 Å². The summed E-state index contributed by atoms with van der Waals surface area (Å²) in [5.41, 5.74) is 0. The summed E-state index contributed by atoms with van der Waals surface area (Å²) in [7, 11) is 1.43. The Balaban J connectivity index is 3.77. The monoisotopic (exact) mass is 158 g/mol. The van der Waals surface area contributed by atoms with E-state index in [0.29, 0.717) is 0 Å². The van der Waals surface area contributed by atoms with Gasteiger partial charge in [-0.3, -0.25) is 9.59 Å². The fraction of sp³-hybridized carbons (Fsp3) is 0.714. The molecule has 64 valence electrons. The van der Waals surface area contributed by atoms with Gasteiger partial charge in [-0.05, 0) is 13.3 Å². The van der Waals surface area contributed by atoms with Crippen molar-refractivity contribution in [2.24, 2.45) is 0 Å². The minimum Gasteiger partial charge on any atom is -0.351 e. The number of hydrogen-bond donors (Lipinski definition) is 2. The maximum absolute atomic E-state index is 10.8. The summed E-state index contributed by atoms with van der Waals surface area (Å²) < 4.78 is 0. The average molecular weight is 158 g/mol. The van der Waals surface area contributed by atoms with Crippen LogP contribution in [-0.2, 0) is 9.59 Å². The van der Waals surface area contributed by atoms with Crippen LogP contribution in [0.4, 0.5) is 0 Å². The van der Waals surface area contributed by atoms with Crippen molar-refractivity contribution < 1.29 is 9.59 Å². The van der Waals surface area contributed by atoms with Crippen molar-refractivity contribution in [2.75, 3.05) is 7.05 Å². The van der Waals surface area contributed by atoms with Crippen molar-refractivity contribution in [1.82, 2.24) is 10.6 Å². The third-order valence-electron chi connectivity index (χ3n) is 1.42. The van der Waals surface area contributed by atoms with Gasteiger partial charge in [-0.2, -0.15) is 0 Å². The Morgan fingerprint density at radius 1 is 1.36 bits per heavy atom. The van der Waals surface area contributed by atoms with E-state index in [1.807, 2.05) is 13.8 Å². The molecular formula is C7H14N2O2. The van der Waals surface area contributed by atoms with Gasteiger partial charge in [-0.25, -0.2) is 0 Å². The van der Waals surface area contributed by atoms with Crippen LogP contribution in [0, 0.1) is 0 Å². The highest BCUT2D eigenvalue weighted by Gasteiger charge is 2.12. The summed E-state index contributed by atoms with van der Waals surface area (Å²) in [4.78, 5) is 21.5. The van der Waals surface area contributed by atoms with Crippen molar-refractivity contribution in [2.45, 2.75) is 26.3 Å². The molecule has 0 rings (SSSR count). The van der Waals surface area contributed by atoms with Crippen LogP contribution < -0.4 is 10.6 Å². The van der Waals surface area contributed by atoms with Gasteiger partial charge in [-0.1, -0.05) is 6.92 Å². The first-order valence-electron chi connectivity index (χ1n) is 3.64. The minimum absolute atomic E-state index is 0.0554. The van der Waals surface area contributed by atoms with Gasteiger partial charge in [0.1, 0.15) is 0 Å². The molecule has 0 spiro atoms. The molecule has 0 heterocycles. The van der Waals surface area contributed by atoms with Crippen LogP contribution in [0.5, 0.6) is 0 Å². The molecule has 0 aromatic rings. The smallest absolute Gasteiger partial charge is 0.309 e. The normalized spacial score (nSPS) is 11.9. The predicted octanol–water partition coefficient (Wildman–Crippen LogP) is -0.353. The Labute approximate surface area is 66.4 Å². The van der Waals surface area contributed by atoms with Crippen molar-refractivity contribution in [3.63, 3.8) is 0 Å². The molecule has 4 nitrogen and oxygen atoms in total. The second-order valence-corrected chi connectivity index (χ2v) is 2.36. The van der Waals surface area contributed by atoms with Gasteiger partial charge in [-0.15, -0.1) is 0 Å². The van der Waals surface area contributed by atoms with Crippen LogP contribution in [0.15, 0.2) is 0 Å². The summed E-state index contributed by atoms with van der Waals surface area (Å²) in [6.07, 6.45) is 0.822. The molecule has 0 saturated heterocycles. The van der Waals surface area contributed by atoms with Gasteiger partial charge >= 0.3 is 11.8 Å². The van der Waals surface area contributed by atoms with Crippen molar-refractivity contribution in [3.8, 4) is 0 Å². The van der Waals surface area contributed by atoms with Gasteiger partial charge in [0, 0.05) is 13.1 Å². The number of carbonyl (C=O) groups excluding carboxylic acids is 2. The molecule has 0 aliphatic rings. The summed E-state index contributed by atoms with van der Waals surface area (Å²) in [5, 5.41) is 4.77. The zero-order valence-electron chi connectivity index (χ0n) is 7.10.